The number of nitrogens with one attached hydrogen (secondary N) is 1. The van der Waals surface area contributed by atoms with Gasteiger partial charge < -0.3 is 4.74 Å². The largest absolute Gasteiger partial charge is 0.494 e. The quantitative estimate of drug-likeness (QED) is 0.832. The minimum Gasteiger partial charge on any atom is -0.494 e. The van der Waals surface area contributed by atoms with Gasteiger partial charge in [0.15, 0.2) is 0 Å². The molecule has 0 aliphatic heterocycles. The number of carbonyl (C=O) groups is 1. The molecule has 0 saturated carbocycles. The summed E-state index contributed by atoms with van der Waals surface area (Å²) in [6, 6.07) is 8.94. The van der Waals surface area contributed by atoms with Gasteiger partial charge in [0.1, 0.15) is 5.75 Å². The topological polar surface area (TPSA) is 72.1 Å². The second-order valence-corrected chi connectivity index (χ2v) is 4.93. The first-order chi connectivity index (χ1) is 10.1. The monoisotopic (exact) mass is 306 g/mol. The van der Waals surface area contributed by atoms with Crippen molar-refractivity contribution in [2.24, 2.45) is 0 Å². The summed E-state index contributed by atoms with van der Waals surface area (Å²) in [5.74, 6) is 0.779. The summed E-state index contributed by atoms with van der Waals surface area (Å²) >= 11 is 5.32. The number of H-pyrrole nitrogens is 1. The average molecular weight is 307 g/mol. The first-order valence-corrected chi connectivity index (χ1v) is 6.98. The minimum atomic E-state index is -0.582. The number of aromatic nitrogens is 2. The van der Waals surface area contributed by atoms with Crippen molar-refractivity contribution in [1.29, 1.82) is 0 Å². The Labute approximate surface area is 126 Å². The van der Waals surface area contributed by atoms with E-state index in [1.807, 2.05) is 31.2 Å². The highest BCUT2D eigenvalue weighted by atomic mass is 35.5. The zero-order valence-electron chi connectivity index (χ0n) is 11.6. The van der Waals surface area contributed by atoms with Gasteiger partial charge in [-0.1, -0.05) is 6.92 Å². The lowest BCUT2D eigenvalue weighted by molar-refractivity contribution is -0.111. The molecule has 0 saturated heterocycles. The molecule has 0 spiro atoms. The number of carbonyl (C=O) groups excluding carboxylic acids is 1. The Morgan fingerprint density at radius 2 is 2.05 bits per heavy atom. The third kappa shape index (κ3) is 4.16. The van der Waals surface area contributed by atoms with Crippen LogP contribution in [0.25, 0.3) is 11.3 Å². The van der Waals surface area contributed by atoms with Gasteiger partial charge in [0, 0.05) is 11.1 Å². The first kappa shape index (κ1) is 15.3. The fraction of sp³-hybridized carbons (Fsp3) is 0.267. The number of benzene rings is 1. The third-order valence-electron chi connectivity index (χ3n) is 2.83. The SMILES string of the molecule is CCCOc1ccc(-c2cc(CC(=O)Cl)c(=O)[nH]n2)cc1. The van der Waals surface area contributed by atoms with Crippen LogP contribution in [-0.2, 0) is 11.2 Å². The Balaban J connectivity index is 2.25. The second-order valence-electron chi connectivity index (χ2n) is 4.51. The fourth-order valence-corrected chi connectivity index (χ4v) is 1.96. The van der Waals surface area contributed by atoms with Gasteiger partial charge in [-0.25, -0.2) is 5.10 Å². The van der Waals surface area contributed by atoms with Crippen LogP contribution in [0.5, 0.6) is 5.75 Å². The van der Waals surface area contributed by atoms with E-state index in [0.717, 1.165) is 17.7 Å². The zero-order chi connectivity index (χ0) is 15.2. The second kappa shape index (κ2) is 7.04. The standard InChI is InChI=1S/C15H15ClN2O3/c1-2-7-21-12-5-3-10(4-6-12)13-8-11(9-14(16)19)15(20)18-17-13/h3-6,8H,2,7,9H2,1H3,(H,18,20). The van der Waals surface area contributed by atoms with Gasteiger partial charge in [0.05, 0.1) is 18.7 Å². The molecule has 21 heavy (non-hydrogen) atoms. The first-order valence-electron chi connectivity index (χ1n) is 6.60. The highest BCUT2D eigenvalue weighted by molar-refractivity contribution is 6.63. The molecule has 0 radical (unpaired) electrons. The zero-order valence-corrected chi connectivity index (χ0v) is 12.3. The molecule has 0 atom stereocenters. The van der Waals surface area contributed by atoms with Crippen LogP contribution in [0.2, 0.25) is 0 Å². The van der Waals surface area contributed by atoms with Gasteiger partial charge in [-0.05, 0) is 48.4 Å². The van der Waals surface area contributed by atoms with E-state index >= 15 is 0 Å². The molecule has 2 aromatic rings. The molecule has 110 valence electrons. The predicted octanol–water partition coefficient (Wildman–Crippen LogP) is 2.53. The van der Waals surface area contributed by atoms with E-state index in [9.17, 15) is 9.59 Å². The summed E-state index contributed by atoms with van der Waals surface area (Å²) < 4.78 is 5.50. The third-order valence-corrected chi connectivity index (χ3v) is 2.97. The van der Waals surface area contributed by atoms with Crippen molar-refractivity contribution < 1.29 is 9.53 Å². The summed E-state index contributed by atoms with van der Waals surface area (Å²) in [4.78, 5) is 22.5. The summed E-state index contributed by atoms with van der Waals surface area (Å²) in [7, 11) is 0. The number of aromatic amines is 1. The number of halogens is 1. The van der Waals surface area contributed by atoms with E-state index in [-0.39, 0.29) is 6.42 Å². The fourth-order valence-electron chi connectivity index (χ4n) is 1.82. The van der Waals surface area contributed by atoms with Crippen LogP contribution in [0, 0.1) is 0 Å². The highest BCUT2D eigenvalue weighted by Gasteiger charge is 2.08. The van der Waals surface area contributed by atoms with Gasteiger partial charge in [-0.3, -0.25) is 9.59 Å². The molecule has 2 rings (SSSR count). The Morgan fingerprint density at radius 3 is 2.67 bits per heavy atom. The van der Waals surface area contributed by atoms with E-state index in [1.165, 1.54) is 0 Å². The molecule has 5 nitrogen and oxygen atoms in total. The van der Waals surface area contributed by atoms with Gasteiger partial charge >= 0.3 is 0 Å². The molecular formula is C15H15ClN2O3. The number of nitrogens with zero attached hydrogens (tertiary/aromatic N) is 1. The Hall–Kier alpha value is -2.14. The lowest BCUT2D eigenvalue weighted by Gasteiger charge is -2.06. The van der Waals surface area contributed by atoms with Crippen LogP contribution in [0.3, 0.4) is 0 Å². The lowest BCUT2D eigenvalue weighted by Crippen LogP contribution is -2.16. The summed E-state index contributed by atoms with van der Waals surface area (Å²) in [5.41, 5.74) is 1.28. The molecule has 1 aromatic carbocycles. The Kier molecular flexibility index (Phi) is 5.11. The molecule has 0 aliphatic carbocycles. The minimum absolute atomic E-state index is 0.121. The predicted molar refractivity (Wildman–Crippen MR) is 80.6 cm³/mol. The van der Waals surface area contributed by atoms with E-state index in [0.29, 0.717) is 17.9 Å². The van der Waals surface area contributed by atoms with E-state index in [4.69, 9.17) is 16.3 Å². The summed E-state index contributed by atoms with van der Waals surface area (Å²) in [6.07, 6.45) is 0.823. The van der Waals surface area contributed by atoms with E-state index < -0.39 is 10.8 Å². The Bertz CT molecular complexity index is 680. The molecule has 0 unspecified atom stereocenters. The van der Waals surface area contributed by atoms with Gasteiger partial charge in [-0.15, -0.1) is 0 Å². The molecule has 1 N–H and O–H groups in total. The molecule has 0 bridgehead atoms. The molecule has 0 aliphatic rings. The van der Waals surface area contributed by atoms with E-state index in [2.05, 4.69) is 10.2 Å². The van der Waals surface area contributed by atoms with Crippen molar-refractivity contribution in [3.05, 3.63) is 46.2 Å². The molecule has 1 heterocycles. The maximum Gasteiger partial charge on any atom is 0.267 e. The van der Waals surface area contributed by atoms with Crippen molar-refractivity contribution in [3.8, 4) is 17.0 Å². The van der Waals surface area contributed by atoms with Crippen LogP contribution >= 0.6 is 11.6 Å². The molecule has 1 aromatic heterocycles. The van der Waals surface area contributed by atoms with Crippen LogP contribution in [0.4, 0.5) is 0 Å². The van der Waals surface area contributed by atoms with Crippen LogP contribution in [-0.4, -0.2) is 22.0 Å². The maximum atomic E-state index is 11.6. The van der Waals surface area contributed by atoms with Crippen molar-refractivity contribution in [2.75, 3.05) is 6.61 Å². The van der Waals surface area contributed by atoms with Crippen LogP contribution < -0.4 is 10.3 Å². The molecular weight excluding hydrogens is 292 g/mol. The molecule has 0 fully saturated rings. The van der Waals surface area contributed by atoms with Gasteiger partial charge in [0.25, 0.3) is 5.56 Å². The summed E-state index contributed by atoms with van der Waals surface area (Å²) in [6.45, 7) is 2.70. The highest BCUT2D eigenvalue weighted by Crippen LogP contribution is 2.20. The normalized spacial score (nSPS) is 10.4. The smallest absolute Gasteiger partial charge is 0.267 e. The number of hydrogen-bond acceptors (Lipinski definition) is 4. The van der Waals surface area contributed by atoms with Crippen molar-refractivity contribution in [3.63, 3.8) is 0 Å². The molecule has 0 amide bonds. The van der Waals surface area contributed by atoms with Crippen LogP contribution in [0.1, 0.15) is 18.9 Å². The average Bonchev–Trinajstić information content (AvgIpc) is 2.47. The van der Waals surface area contributed by atoms with Gasteiger partial charge in [0.2, 0.25) is 5.24 Å². The van der Waals surface area contributed by atoms with Crippen LogP contribution in [0.15, 0.2) is 35.1 Å². The van der Waals surface area contributed by atoms with Gasteiger partial charge in [-0.2, -0.15) is 5.10 Å². The number of hydrogen-bond donors (Lipinski definition) is 1. The maximum absolute atomic E-state index is 11.6. The number of rotatable bonds is 6. The lowest BCUT2D eigenvalue weighted by atomic mass is 10.1. The van der Waals surface area contributed by atoms with Crippen molar-refractivity contribution in [2.45, 2.75) is 19.8 Å². The molecule has 6 heteroatoms. The Morgan fingerprint density at radius 1 is 1.33 bits per heavy atom. The van der Waals surface area contributed by atoms with Crippen molar-refractivity contribution in [1.82, 2.24) is 10.2 Å². The van der Waals surface area contributed by atoms with Crippen molar-refractivity contribution >= 4 is 16.8 Å². The van der Waals surface area contributed by atoms with E-state index in [1.54, 1.807) is 6.07 Å². The number of ether oxygens (including phenoxy) is 1. The summed E-state index contributed by atoms with van der Waals surface area (Å²) in [5, 5.41) is 5.77.